The van der Waals surface area contributed by atoms with E-state index in [4.69, 9.17) is 9.47 Å². The number of nitrogens with zero attached hydrogens (tertiary/aromatic N) is 3. The normalized spacial score (nSPS) is 11.7. The molecular weight excluding hydrogens is 318 g/mol. The molecule has 0 N–H and O–H groups in total. The number of sulfonamides is 1. The van der Waals surface area contributed by atoms with Crippen molar-refractivity contribution in [3.8, 4) is 11.5 Å². The van der Waals surface area contributed by atoms with Crippen molar-refractivity contribution in [3.63, 3.8) is 0 Å². The van der Waals surface area contributed by atoms with Crippen LogP contribution in [0.4, 0.5) is 0 Å². The Balaban J connectivity index is 2.38. The van der Waals surface area contributed by atoms with E-state index in [1.54, 1.807) is 44.2 Å². The third kappa shape index (κ3) is 3.48. The molecule has 0 fully saturated rings. The van der Waals surface area contributed by atoms with Crippen molar-refractivity contribution in [1.82, 2.24) is 14.1 Å². The van der Waals surface area contributed by atoms with E-state index in [-0.39, 0.29) is 11.4 Å². The standard InChI is InChI=1S/C15H21N3O4S/c1-11-6-13(21-4)14(22-5)7-15(11)23(19,20)18(3)10-12-8-16-17(2)9-12/h6-9H,10H2,1-5H3. The van der Waals surface area contributed by atoms with Crippen LogP contribution in [0.1, 0.15) is 11.1 Å². The number of hydrogen-bond donors (Lipinski definition) is 0. The summed E-state index contributed by atoms with van der Waals surface area (Å²) < 4.78 is 39.0. The van der Waals surface area contributed by atoms with Gasteiger partial charge in [-0.3, -0.25) is 4.68 Å². The van der Waals surface area contributed by atoms with Gasteiger partial charge in [-0.15, -0.1) is 0 Å². The summed E-state index contributed by atoms with van der Waals surface area (Å²) in [4.78, 5) is 0.196. The van der Waals surface area contributed by atoms with Gasteiger partial charge in [-0.2, -0.15) is 9.40 Å². The highest BCUT2D eigenvalue weighted by Crippen LogP contribution is 2.33. The number of rotatable bonds is 6. The number of benzene rings is 1. The molecule has 0 atom stereocenters. The summed E-state index contributed by atoms with van der Waals surface area (Å²) in [7, 11) is 2.66. The predicted octanol–water partition coefficient (Wildman–Crippen LogP) is 1.57. The minimum absolute atomic E-state index is 0.196. The fourth-order valence-corrected chi connectivity index (χ4v) is 3.68. The zero-order valence-electron chi connectivity index (χ0n) is 13.9. The molecule has 8 heteroatoms. The van der Waals surface area contributed by atoms with Crippen LogP contribution in [-0.4, -0.2) is 43.8 Å². The van der Waals surface area contributed by atoms with Gasteiger partial charge in [0.1, 0.15) is 0 Å². The van der Waals surface area contributed by atoms with Crippen LogP contribution in [0.15, 0.2) is 29.4 Å². The molecule has 1 aromatic carbocycles. The Labute approximate surface area is 136 Å². The highest BCUT2D eigenvalue weighted by molar-refractivity contribution is 7.89. The van der Waals surface area contributed by atoms with E-state index in [9.17, 15) is 8.42 Å². The van der Waals surface area contributed by atoms with Gasteiger partial charge < -0.3 is 9.47 Å². The molecule has 1 heterocycles. The molecule has 0 saturated carbocycles. The Morgan fingerprint density at radius 2 is 1.83 bits per heavy atom. The van der Waals surface area contributed by atoms with Gasteiger partial charge in [-0.05, 0) is 18.6 Å². The fraction of sp³-hybridized carbons (Fsp3) is 0.400. The van der Waals surface area contributed by atoms with Gasteiger partial charge in [0.15, 0.2) is 11.5 Å². The molecule has 1 aromatic heterocycles. The van der Waals surface area contributed by atoms with Gasteiger partial charge in [-0.25, -0.2) is 8.42 Å². The van der Waals surface area contributed by atoms with Gasteiger partial charge in [0.05, 0.1) is 25.3 Å². The molecule has 7 nitrogen and oxygen atoms in total. The Morgan fingerprint density at radius 1 is 1.22 bits per heavy atom. The van der Waals surface area contributed by atoms with Crippen molar-refractivity contribution >= 4 is 10.0 Å². The summed E-state index contributed by atoms with van der Waals surface area (Å²) in [6.07, 6.45) is 3.43. The number of hydrogen-bond acceptors (Lipinski definition) is 5. The molecule has 0 unspecified atom stereocenters. The van der Waals surface area contributed by atoms with E-state index in [1.807, 2.05) is 0 Å². The lowest BCUT2D eigenvalue weighted by Gasteiger charge is -2.19. The summed E-state index contributed by atoms with van der Waals surface area (Å²) in [5.41, 5.74) is 1.41. The van der Waals surface area contributed by atoms with Crippen molar-refractivity contribution in [2.24, 2.45) is 7.05 Å². The van der Waals surface area contributed by atoms with Gasteiger partial charge in [0.2, 0.25) is 10.0 Å². The van der Waals surface area contributed by atoms with E-state index in [1.165, 1.54) is 24.6 Å². The van der Waals surface area contributed by atoms with E-state index in [0.29, 0.717) is 17.1 Å². The zero-order valence-corrected chi connectivity index (χ0v) is 14.7. The molecule has 0 bridgehead atoms. The second kappa shape index (κ2) is 6.59. The second-order valence-corrected chi connectivity index (χ2v) is 7.27. The van der Waals surface area contributed by atoms with Crippen molar-refractivity contribution in [1.29, 1.82) is 0 Å². The average molecular weight is 339 g/mol. The monoisotopic (exact) mass is 339 g/mol. The van der Waals surface area contributed by atoms with Gasteiger partial charge in [-0.1, -0.05) is 0 Å². The molecule has 0 saturated heterocycles. The molecule has 2 aromatic rings. The highest BCUT2D eigenvalue weighted by Gasteiger charge is 2.25. The molecule has 0 amide bonds. The second-order valence-electron chi connectivity index (χ2n) is 5.26. The molecule has 0 aliphatic carbocycles. The fourth-order valence-electron chi connectivity index (χ4n) is 2.30. The lowest BCUT2D eigenvalue weighted by Crippen LogP contribution is -2.27. The Hall–Kier alpha value is -2.06. The van der Waals surface area contributed by atoms with Gasteiger partial charge in [0.25, 0.3) is 0 Å². The van der Waals surface area contributed by atoms with Gasteiger partial charge >= 0.3 is 0 Å². The minimum atomic E-state index is -3.66. The summed E-state index contributed by atoms with van der Waals surface area (Å²) in [5.74, 6) is 0.880. The van der Waals surface area contributed by atoms with E-state index >= 15 is 0 Å². The molecule has 0 spiro atoms. The smallest absolute Gasteiger partial charge is 0.243 e. The Morgan fingerprint density at radius 3 is 2.35 bits per heavy atom. The lowest BCUT2D eigenvalue weighted by atomic mass is 10.2. The molecular formula is C15H21N3O4S. The molecule has 2 rings (SSSR count). The molecule has 126 valence electrons. The molecule has 0 aliphatic rings. The average Bonchev–Trinajstić information content (AvgIpc) is 2.91. The van der Waals surface area contributed by atoms with Crippen molar-refractivity contribution in [2.75, 3.05) is 21.3 Å². The number of aromatic nitrogens is 2. The SMILES string of the molecule is COc1cc(C)c(S(=O)(=O)N(C)Cc2cnn(C)c2)cc1OC. The van der Waals surface area contributed by atoms with Crippen molar-refractivity contribution < 1.29 is 17.9 Å². The maximum Gasteiger partial charge on any atom is 0.243 e. The van der Waals surface area contributed by atoms with Crippen LogP contribution in [0.3, 0.4) is 0 Å². The maximum absolute atomic E-state index is 12.8. The van der Waals surface area contributed by atoms with Crippen LogP contribution in [0, 0.1) is 6.92 Å². The number of aryl methyl sites for hydroxylation is 2. The first-order chi connectivity index (χ1) is 10.8. The van der Waals surface area contributed by atoms with Crippen LogP contribution in [0.25, 0.3) is 0 Å². The zero-order chi connectivity index (χ0) is 17.2. The largest absolute Gasteiger partial charge is 0.493 e. The maximum atomic E-state index is 12.8. The highest BCUT2D eigenvalue weighted by atomic mass is 32.2. The van der Waals surface area contributed by atoms with Crippen LogP contribution in [0.5, 0.6) is 11.5 Å². The van der Waals surface area contributed by atoms with Crippen molar-refractivity contribution in [2.45, 2.75) is 18.4 Å². The molecule has 0 aliphatic heterocycles. The summed E-state index contributed by atoms with van der Waals surface area (Å²) in [6.45, 7) is 1.97. The first-order valence-electron chi connectivity index (χ1n) is 6.96. The van der Waals surface area contributed by atoms with Crippen LogP contribution < -0.4 is 9.47 Å². The van der Waals surface area contributed by atoms with E-state index in [0.717, 1.165) is 5.56 Å². The topological polar surface area (TPSA) is 73.7 Å². The van der Waals surface area contributed by atoms with E-state index in [2.05, 4.69) is 5.10 Å². The lowest BCUT2D eigenvalue weighted by molar-refractivity contribution is 0.353. The third-order valence-electron chi connectivity index (χ3n) is 3.53. The molecule has 23 heavy (non-hydrogen) atoms. The summed E-state index contributed by atoms with van der Waals surface area (Å²) >= 11 is 0. The number of ether oxygens (including phenoxy) is 2. The summed E-state index contributed by atoms with van der Waals surface area (Å²) in [5, 5.41) is 4.05. The first-order valence-corrected chi connectivity index (χ1v) is 8.40. The minimum Gasteiger partial charge on any atom is -0.493 e. The Bertz CT molecular complexity index is 799. The van der Waals surface area contributed by atoms with Crippen molar-refractivity contribution in [3.05, 3.63) is 35.7 Å². The van der Waals surface area contributed by atoms with Gasteiger partial charge in [0, 0.05) is 38.5 Å². The quantitative estimate of drug-likeness (QED) is 0.799. The van der Waals surface area contributed by atoms with Crippen LogP contribution in [-0.2, 0) is 23.6 Å². The van der Waals surface area contributed by atoms with E-state index < -0.39 is 10.0 Å². The Kier molecular flexibility index (Phi) is 4.96. The first kappa shape index (κ1) is 17.3. The summed E-state index contributed by atoms with van der Waals surface area (Å²) in [6, 6.07) is 3.15. The number of methoxy groups -OCH3 is 2. The van der Waals surface area contributed by atoms with Crippen LogP contribution in [0.2, 0.25) is 0 Å². The van der Waals surface area contributed by atoms with Crippen LogP contribution >= 0.6 is 0 Å². The molecule has 0 radical (unpaired) electrons. The third-order valence-corrected chi connectivity index (χ3v) is 5.48. The predicted molar refractivity (Wildman–Crippen MR) is 86.1 cm³/mol.